The van der Waals surface area contributed by atoms with Gasteiger partial charge >= 0.3 is 0 Å². The Bertz CT molecular complexity index is 755. The molecule has 4 heteroatoms. The fraction of sp³-hybridized carbons (Fsp3) is 0.111. The van der Waals surface area contributed by atoms with Crippen molar-refractivity contribution in [1.82, 2.24) is 9.97 Å². The molecule has 2 aromatic carbocycles. The van der Waals surface area contributed by atoms with E-state index >= 15 is 0 Å². The van der Waals surface area contributed by atoms with E-state index in [1.807, 2.05) is 61.6 Å². The predicted molar refractivity (Wildman–Crippen MR) is 92.0 cm³/mol. The molecule has 0 amide bonds. The zero-order valence-corrected chi connectivity index (χ0v) is 13.0. The summed E-state index contributed by atoms with van der Waals surface area (Å²) in [5, 5.41) is 3.04. The van der Waals surface area contributed by atoms with Gasteiger partial charge in [-0.1, -0.05) is 54.6 Å². The molecule has 3 nitrogen and oxygen atoms in total. The minimum Gasteiger partial charge on any atom is -0.372 e. The van der Waals surface area contributed by atoms with Crippen LogP contribution in [0.25, 0.3) is 22.5 Å². The Morgan fingerprint density at radius 3 is 2.23 bits per heavy atom. The number of nitrogens with one attached hydrogen (secondary N) is 1. The standard InChI is InChI=1S/C18H16ClN3/c1-20-16-12-21-17(14-5-3-2-4-6-14)18(22-16)15-9-7-13(11-19)8-10-15/h2-10,12H,11H2,1H3,(H,20,22). The van der Waals surface area contributed by atoms with Crippen LogP contribution in [0.1, 0.15) is 5.56 Å². The van der Waals surface area contributed by atoms with Crippen molar-refractivity contribution >= 4 is 17.4 Å². The van der Waals surface area contributed by atoms with Crippen molar-refractivity contribution in [3.63, 3.8) is 0 Å². The van der Waals surface area contributed by atoms with Gasteiger partial charge in [-0.05, 0) is 5.56 Å². The molecule has 0 aliphatic rings. The molecule has 0 radical (unpaired) electrons. The molecule has 0 aliphatic heterocycles. The summed E-state index contributed by atoms with van der Waals surface area (Å²) in [5.74, 6) is 1.25. The Labute approximate surface area is 135 Å². The third-order valence-corrected chi connectivity index (χ3v) is 3.77. The number of halogens is 1. The molecule has 0 fully saturated rings. The highest BCUT2D eigenvalue weighted by atomic mass is 35.5. The summed E-state index contributed by atoms with van der Waals surface area (Å²) in [6, 6.07) is 18.2. The molecule has 1 N–H and O–H groups in total. The van der Waals surface area contributed by atoms with Crippen molar-refractivity contribution in [2.24, 2.45) is 0 Å². The Hall–Kier alpha value is -2.39. The molecule has 0 saturated carbocycles. The SMILES string of the molecule is CNc1cnc(-c2ccccc2)c(-c2ccc(CCl)cc2)n1. The number of anilines is 1. The summed E-state index contributed by atoms with van der Waals surface area (Å²) < 4.78 is 0. The maximum atomic E-state index is 5.86. The average molecular weight is 310 g/mol. The van der Waals surface area contributed by atoms with Crippen LogP contribution in [-0.2, 0) is 5.88 Å². The van der Waals surface area contributed by atoms with E-state index in [0.717, 1.165) is 33.9 Å². The van der Waals surface area contributed by atoms with Crippen LogP contribution >= 0.6 is 11.6 Å². The lowest BCUT2D eigenvalue weighted by molar-refractivity contribution is 1.19. The van der Waals surface area contributed by atoms with Gasteiger partial charge in [0.05, 0.1) is 17.6 Å². The van der Waals surface area contributed by atoms with Crippen LogP contribution in [0.4, 0.5) is 5.82 Å². The highest BCUT2D eigenvalue weighted by molar-refractivity contribution is 6.17. The number of benzene rings is 2. The molecular weight excluding hydrogens is 294 g/mol. The molecule has 1 heterocycles. The van der Waals surface area contributed by atoms with Gasteiger partial charge in [-0.2, -0.15) is 0 Å². The first kappa shape index (κ1) is 14.5. The van der Waals surface area contributed by atoms with E-state index < -0.39 is 0 Å². The van der Waals surface area contributed by atoms with E-state index in [-0.39, 0.29) is 0 Å². The van der Waals surface area contributed by atoms with E-state index in [9.17, 15) is 0 Å². The molecule has 0 unspecified atom stereocenters. The third-order valence-electron chi connectivity index (χ3n) is 3.46. The highest BCUT2D eigenvalue weighted by Gasteiger charge is 2.11. The van der Waals surface area contributed by atoms with E-state index in [0.29, 0.717) is 5.88 Å². The van der Waals surface area contributed by atoms with Gasteiger partial charge in [0.15, 0.2) is 0 Å². The summed E-state index contributed by atoms with van der Waals surface area (Å²) in [6.07, 6.45) is 1.75. The molecule has 22 heavy (non-hydrogen) atoms. The normalized spacial score (nSPS) is 10.5. The first-order valence-electron chi connectivity index (χ1n) is 7.07. The lowest BCUT2D eigenvalue weighted by Crippen LogP contribution is -1.99. The molecule has 0 aliphatic carbocycles. The first-order valence-corrected chi connectivity index (χ1v) is 7.61. The smallest absolute Gasteiger partial charge is 0.145 e. The summed E-state index contributed by atoms with van der Waals surface area (Å²) >= 11 is 5.86. The van der Waals surface area contributed by atoms with Gasteiger partial charge in [0.25, 0.3) is 0 Å². The number of hydrogen-bond donors (Lipinski definition) is 1. The molecule has 3 rings (SSSR count). The Balaban J connectivity index is 2.14. The van der Waals surface area contributed by atoms with Crippen molar-refractivity contribution in [1.29, 1.82) is 0 Å². The van der Waals surface area contributed by atoms with E-state index in [1.165, 1.54) is 0 Å². The molecule has 0 bridgehead atoms. The fourth-order valence-electron chi connectivity index (χ4n) is 2.27. The fourth-order valence-corrected chi connectivity index (χ4v) is 2.45. The molecule has 0 atom stereocenters. The van der Waals surface area contributed by atoms with Crippen molar-refractivity contribution < 1.29 is 0 Å². The van der Waals surface area contributed by atoms with Crippen LogP contribution in [-0.4, -0.2) is 17.0 Å². The molecule has 3 aromatic rings. The van der Waals surface area contributed by atoms with Crippen LogP contribution in [0.2, 0.25) is 0 Å². The van der Waals surface area contributed by atoms with E-state index in [1.54, 1.807) is 6.20 Å². The van der Waals surface area contributed by atoms with Gasteiger partial charge in [0.1, 0.15) is 5.82 Å². The Kier molecular flexibility index (Phi) is 4.35. The van der Waals surface area contributed by atoms with Crippen molar-refractivity contribution in [2.75, 3.05) is 12.4 Å². The van der Waals surface area contributed by atoms with Gasteiger partial charge in [0.2, 0.25) is 0 Å². The Morgan fingerprint density at radius 1 is 0.909 bits per heavy atom. The molecule has 0 saturated heterocycles. The van der Waals surface area contributed by atoms with Gasteiger partial charge < -0.3 is 5.32 Å². The van der Waals surface area contributed by atoms with Crippen LogP contribution < -0.4 is 5.32 Å². The molecule has 0 spiro atoms. The lowest BCUT2D eigenvalue weighted by Gasteiger charge is -2.10. The van der Waals surface area contributed by atoms with Crippen molar-refractivity contribution in [2.45, 2.75) is 5.88 Å². The maximum Gasteiger partial charge on any atom is 0.145 e. The average Bonchev–Trinajstić information content (AvgIpc) is 2.62. The zero-order chi connectivity index (χ0) is 15.4. The minimum absolute atomic E-state index is 0.508. The second-order valence-corrected chi connectivity index (χ2v) is 5.17. The van der Waals surface area contributed by atoms with Gasteiger partial charge in [-0.25, -0.2) is 4.98 Å². The summed E-state index contributed by atoms with van der Waals surface area (Å²) in [5.41, 5.74) is 4.90. The third kappa shape index (κ3) is 2.95. The summed E-state index contributed by atoms with van der Waals surface area (Å²) in [7, 11) is 1.84. The number of nitrogens with zero attached hydrogens (tertiary/aromatic N) is 2. The number of alkyl halides is 1. The number of rotatable bonds is 4. The topological polar surface area (TPSA) is 37.8 Å². The zero-order valence-electron chi connectivity index (χ0n) is 12.3. The quantitative estimate of drug-likeness (QED) is 0.716. The van der Waals surface area contributed by atoms with Crippen molar-refractivity contribution in [3.8, 4) is 22.5 Å². The summed E-state index contributed by atoms with van der Waals surface area (Å²) in [6.45, 7) is 0. The van der Waals surface area contributed by atoms with E-state index in [2.05, 4.69) is 15.3 Å². The second-order valence-electron chi connectivity index (χ2n) is 4.90. The minimum atomic E-state index is 0.508. The highest BCUT2D eigenvalue weighted by Crippen LogP contribution is 2.29. The maximum absolute atomic E-state index is 5.86. The van der Waals surface area contributed by atoms with Crippen LogP contribution in [0.15, 0.2) is 60.8 Å². The predicted octanol–water partition coefficient (Wildman–Crippen LogP) is 4.59. The molecule has 1 aromatic heterocycles. The lowest BCUT2D eigenvalue weighted by atomic mass is 10.0. The van der Waals surface area contributed by atoms with Gasteiger partial charge in [-0.3, -0.25) is 4.98 Å². The van der Waals surface area contributed by atoms with Crippen LogP contribution in [0.5, 0.6) is 0 Å². The van der Waals surface area contributed by atoms with Crippen LogP contribution in [0.3, 0.4) is 0 Å². The van der Waals surface area contributed by atoms with Gasteiger partial charge in [-0.15, -0.1) is 11.6 Å². The Morgan fingerprint density at radius 2 is 1.59 bits per heavy atom. The van der Waals surface area contributed by atoms with Crippen molar-refractivity contribution in [3.05, 3.63) is 66.4 Å². The second kappa shape index (κ2) is 6.58. The monoisotopic (exact) mass is 309 g/mol. The first-order chi connectivity index (χ1) is 10.8. The molecule has 110 valence electrons. The van der Waals surface area contributed by atoms with Crippen LogP contribution in [0, 0.1) is 0 Å². The van der Waals surface area contributed by atoms with E-state index in [4.69, 9.17) is 11.6 Å². The largest absolute Gasteiger partial charge is 0.372 e. The van der Waals surface area contributed by atoms with Gasteiger partial charge in [0, 0.05) is 24.1 Å². The number of aromatic nitrogens is 2. The number of hydrogen-bond acceptors (Lipinski definition) is 3. The molecular formula is C18H16ClN3. The summed E-state index contributed by atoms with van der Waals surface area (Å²) in [4.78, 5) is 9.27.